The topological polar surface area (TPSA) is 47.0 Å². The molecule has 0 aliphatic heterocycles. The standard InChI is InChI=1S/C16H21N3OS/c1-4-17-14-10-16(19-15(18-14)11-20-5-2)21-13-8-6-7-12(3)9-13/h6-10H,4-5,11H2,1-3H3,(H,17,18,19). The third-order valence-electron chi connectivity index (χ3n) is 2.75. The molecular formula is C16H21N3OS. The predicted octanol–water partition coefficient (Wildman–Crippen LogP) is 3.90. The Balaban J connectivity index is 2.22. The van der Waals surface area contributed by atoms with E-state index in [-0.39, 0.29) is 0 Å². The average molecular weight is 303 g/mol. The maximum absolute atomic E-state index is 5.41. The van der Waals surface area contributed by atoms with E-state index in [1.807, 2.05) is 13.0 Å². The predicted molar refractivity (Wildman–Crippen MR) is 86.8 cm³/mol. The quantitative estimate of drug-likeness (QED) is 0.786. The molecule has 0 atom stereocenters. The lowest BCUT2D eigenvalue weighted by Gasteiger charge is -2.09. The number of aromatic nitrogens is 2. The summed E-state index contributed by atoms with van der Waals surface area (Å²) in [6, 6.07) is 10.4. The van der Waals surface area contributed by atoms with E-state index < -0.39 is 0 Å². The fraction of sp³-hybridized carbons (Fsp3) is 0.375. The summed E-state index contributed by atoms with van der Waals surface area (Å²) in [5.74, 6) is 1.56. The number of hydrogen-bond acceptors (Lipinski definition) is 5. The van der Waals surface area contributed by atoms with Crippen molar-refractivity contribution in [3.63, 3.8) is 0 Å². The Labute approximate surface area is 130 Å². The van der Waals surface area contributed by atoms with Crippen LogP contribution in [0.15, 0.2) is 40.3 Å². The van der Waals surface area contributed by atoms with Crippen LogP contribution in [0, 0.1) is 6.92 Å². The molecule has 0 spiro atoms. The molecule has 0 saturated heterocycles. The van der Waals surface area contributed by atoms with Gasteiger partial charge in [0.05, 0.1) is 0 Å². The summed E-state index contributed by atoms with van der Waals surface area (Å²) in [6.07, 6.45) is 0. The first-order chi connectivity index (χ1) is 10.2. The number of rotatable bonds is 7. The molecule has 0 aliphatic rings. The van der Waals surface area contributed by atoms with E-state index in [1.165, 1.54) is 10.5 Å². The highest BCUT2D eigenvalue weighted by Crippen LogP contribution is 2.28. The van der Waals surface area contributed by atoms with Gasteiger partial charge in [-0.05, 0) is 32.9 Å². The molecule has 0 aliphatic carbocycles. The molecule has 0 unspecified atom stereocenters. The van der Waals surface area contributed by atoms with Gasteiger partial charge >= 0.3 is 0 Å². The zero-order valence-electron chi connectivity index (χ0n) is 12.7. The van der Waals surface area contributed by atoms with Gasteiger partial charge in [-0.25, -0.2) is 9.97 Å². The average Bonchev–Trinajstić information content (AvgIpc) is 2.45. The largest absolute Gasteiger partial charge is 0.374 e. The molecular weight excluding hydrogens is 282 g/mol. The summed E-state index contributed by atoms with van der Waals surface area (Å²) in [5.41, 5.74) is 1.25. The fourth-order valence-corrected chi connectivity index (χ4v) is 2.81. The van der Waals surface area contributed by atoms with Gasteiger partial charge in [-0.15, -0.1) is 0 Å². The molecule has 4 nitrogen and oxygen atoms in total. The van der Waals surface area contributed by atoms with Gasteiger partial charge < -0.3 is 10.1 Å². The van der Waals surface area contributed by atoms with Crippen molar-refractivity contribution < 1.29 is 4.74 Å². The molecule has 0 fully saturated rings. The van der Waals surface area contributed by atoms with Crippen molar-refractivity contribution in [2.45, 2.75) is 37.3 Å². The van der Waals surface area contributed by atoms with Gasteiger partial charge in [0.1, 0.15) is 17.5 Å². The summed E-state index contributed by atoms with van der Waals surface area (Å²) < 4.78 is 5.41. The van der Waals surface area contributed by atoms with Gasteiger partial charge in [-0.2, -0.15) is 0 Å². The van der Waals surface area contributed by atoms with Gasteiger partial charge in [0.25, 0.3) is 0 Å². The lowest BCUT2D eigenvalue weighted by molar-refractivity contribution is 0.128. The molecule has 0 bridgehead atoms. The summed E-state index contributed by atoms with van der Waals surface area (Å²) in [7, 11) is 0. The third kappa shape index (κ3) is 5.02. The van der Waals surface area contributed by atoms with Crippen LogP contribution in [0.3, 0.4) is 0 Å². The molecule has 0 amide bonds. The molecule has 1 aromatic carbocycles. The SMILES string of the molecule is CCNc1cc(Sc2cccc(C)c2)nc(COCC)n1. The Kier molecular flexibility index (Phi) is 6.02. The Hall–Kier alpha value is -1.59. The minimum absolute atomic E-state index is 0.442. The zero-order chi connectivity index (χ0) is 15.1. The number of nitrogens with one attached hydrogen (secondary N) is 1. The van der Waals surface area contributed by atoms with E-state index >= 15 is 0 Å². The van der Waals surface area contributed by atoms with Crippen molar-refractivity contribution in [3.8, 4) is 0 Å². The fourth-order valence-electron chi connectivity index (χ4n) is 1.85. The molecule has 2 rings (SSSR count). The van der Waals surface area contributed by atoms with E-state index in [0.717, 1.165) is 17.4 Å². The van der Waals surface area contributed by atoms with Crippen molar-refractivity contribution in [1.82, 2.24) is 9.97 Å². The van der Waals surface area contributed by atoms with Crippen LogP contribution in [0.25, 0.3) is 0 Å². The molecule has 5 heteroatoms. The normalized spacial score (nSPS) is 10.6. The first kappa shape index (κ1) is 15.8. The van der Waals surface area contributed by atoms with Crippen LogP contribution in [0.2, 0.25) is 0 Å². The zero-order valence-corrected chi connectivity index (χ0v) is 13.5. The molecule has 2 aromatic rings. The van der Waals surface area contributed by atoms with Gasteiger partial charge in [0.15, 0.2) is 5.82 Å². The summed E-state index contributed by atoms with van der Waals surface area (Å²) in [4.78, 5) is 10.2. The van der Waals surface area contributed by atoms with Gasteiger partial charge in [-0.3, -0.25) is 0 Å². The third-order valence-corrected chi connectivity index (χ3v) is 3.66. The Morgan fingerprint density at radius 3 is 2.76 bits per heavy atom. The molecule has 112 valence electrons. The minimum Gasteiger partial charge on any atom is -0.374 e. The smallest absolute Gasteiger partial charge is 0.157 e. The van der Waals surface area contributed by atoms with E-state index in [4.69, 9.17) is 4.74 Å². The molecule has 0 radical (unpaired) electrons. The maximum Gasteiger partial charge on any atom is 0.157 e. The molecule has 21 heavy (non-hydrogen) atoms. The Bertz CT molecular complexity index is 589. The number of ether oxygens (including phenoxy) is 1. The van der Waals surface area contributed by atoms with E-state index in [2.05, 4.69) is 53.4 Å². The monoisotopic (exact) mass is 303 g/mol. The highest BCUT2D eigenvalue weighted by Gasteiger charge is 2.06. The van der Waals surface area contributed by atoms with Gasteiger partial charge in [0.2, 0.25) is 0 Å². The van der Waals surface area contributed by atoms with Crippen molar-refractivity contribution in [1.29, 1.82) is 0 Å². The molecule has 1 heterocycles. The summed E-state index contributed by atoms with van der Waals surface area (Å²) in [5, 5.41) is 4.17. The Morgan fingerprint density at radius 1 is 1.19 bits per heavy atom. The van der Waals surface area contributed by atoms with Crippen molar-refractivity contribution in [3.05, 3.63) is 41.7 Å². The summed E-state index contributed by atoms with van der Waals surface area (Å²) >= 11 is 1.64. The van der Waals surface area contributed by atoms with Crippen molar-refractivity contribution in [2.24, 2.45) is 0 Å². The van der Waals surface area contributed by atoms with Crippen LogP contribution in [0.1, 0.15) is 25.2 Å². The molecule has 0 saturated carbocycles. The maximum atomic E-state index is 5.41. The lowest BCUT2D eigenvalue weighted by atomic mass is 10.2. The number of benzene rings is 1. The van der Waals surface area contributed by atoms with Gasteiger partial charge in [0, 0.05) is 24.1 Å². The first-order valence-corrected chi connectivity index (χ1v) is 7.97. The highest BCUT2D eigenvalue weighted by atomic mass is 32.2. The van der Waals surface area contributed by atoms with E-state index in [1.54, 1.807) is 11.8 Å². The van der Waals surface area contributed by atoms with Crippen molar-refractivity contribution in [2.75, 3.05) is 18.5 Å². The van der Waals surface area contributed by atoms with Crippen LogP contribution in [0.5, 0.6) is 0 Å². The molecule has 1 N–H and O–H groups in total. The van der Waals surface area contributed by atoms with E-state index in [9.17, 15) is 0 Å². The first-order valence-electron chi connectivity index (χ1n) is 7.15. The second-order valence-corrected chi connectivity index (χ2v) is 5.69. The summed E-state index contributed by atoms with van der Waals surface area (Å²) in [6.45, 7) is 8.05. The molecule has 1 aromatic heterocycles. The van der Waals surface area contributed by atoms with Crippen LogP contribution in [-0.2, 0) is 11.3 Å². The number of anilines is 1. The second-order valence-electron chi connectivity index (χ2n) is 4.59. The highest BCUT2D eigenvalue weighted by molar-refractivity contribution is 7.99. The second kappa shape index (κ2) is 8.00. The lowest BCUT2D eigenvalue weighted by Crippen LogP contribution is -2.05. The number of nitrogens with zero attached hydrogens (tertiary/aromatic N) is 2. The van der Waals surface area contributed by atoms with Crippen LogP contribution in [0.4, 0.5) is 5.82 Å². The number of hydrogen-bond donors (Lipinski definition) is 1. The van der Waals surface area contributed by atoms with Crippen molar-refractivity contribution >= 4 is 17.6 Å². The van der Waals surface area contributed by atoms with Crippen LogP contribution >= 0.6 is 11.8 Å². The van der Waals surface area contributed by atoms with Crippen LogP contribution in [-0.4, -0.2) is 23.1 Å². The van der Waals surface area contributed by atoms with Gasteiger partial charge in [-0.1, -0.05) is 29.5 Å². The minimum atomic E-state index is 0.442. The Morgan fingerprint density at radius 2 is 2.05 bits per heavy atom. The van der Waals surface area contributed by atoms with Crippen LogP contribution < -0.4 is 5.32 Å². The number of aryl methyl sites for hydroxylation is 1. The van der Waals surface area contributed by atoms with E-state index in [0.29, 0.717) is 19.0 Å².